The number of hydrogen-bond donors (Lipinski definition) is 2. The van der Waals surface area contributed by atoms with E-state index in [0.717, 1.165) is 19.3 Å². The van der Waals surface area contributed by atoms with Crippen molar-refractivity contribution >= 4 is 11.8 Å². The summed E-state index contributed by atoms with van der Waals surface area (Å²) in [5, 5.41) is 2.55. The molecule has 0 aromatic carbocycles. The van der Waals surface area contributed by atoms with E-state index in [2.05, 4.69) is 5.32 Å². The van der Waals surface area contributed by atoms with Crippen LogP contribution in [-0.4, -0.2) is 42.9 Å². The predicted molar refractivity (Wildman–Crippen MR) is 52.5 cm³/mol. The molecule has 0 aromatic heterocycles. The van der Waals surface area contributed by atoms with Gasteiger partial charge in [0, 0.05) is 14.1 Å². The second-order valence-electron chi connectivity index (χ2n) is 3.98. The van der Waals surface area contributed by atoms with Crippen molar-refractivity contribution in [2.24, 2.45) is 5.73 Å². The van der Waals surface area contributed by atoms with Crippen molar-refractivity contribution in [3.63, 3.8) is 0 Å². The van der Waals surface area contributed by atoms with Crippen LogP contribution in [0.4, 0.5) is 0 Å². The number of nitrogens with zero attached hydrogens (tertiary/aromatic N) is 1. The van der Waals surface area contributed by atoms with Crippen LogP contribution >= 0.6 is 0 Å². The lowest BCUT2D eigenvalue weighted by Crippen LogP contribution is -2.59. The van der Waals surface area contributed by atoms with Crippen molar-refractivity contribution in [2.75, 3.05) is 20.6 Å². The smallest absolute Gasteiger partial charge is 0.241 e. The Morgan fingerprint density at radius 2 is 2.00 bits per heavy atom. The average Bonchev–Trinajstić information content (AvgIpc) is 2.09. The van der Waals surface area contributed by atoms with E-state index in [1.165, 1.54) is 4.90 Å². The molecule has 0 bridgehead atoms. The molecule has 0 saturated heterocycles. The van der Waals surface area contributed by atoms with Crippen molar-refractivity contribution in [1.82, 2.24) is 10.2 Å². The molecule has 0 heterocycles. The summed E-state index contributed by atoms with van der Waals surface area (Å²) in [4.78, 5) is 24.1. The van der Waals surface area contributed by atoms with Crippen LogP contribution in [0.25, 0.3) is 0 Å². The minimum atomic E-state index is -0.716. The fraction of sp³-hybridized carbons (Fsp3) is 0.778. The first-order chi connectivity index (χ1) is 6.46. The molecule has 14 heavy (non-hydrogen) atoms. The van der Waals surface area contributed by atoms with Gasteiger partial charge in [-0.25, -0.2) is 0 Å². The molecule has 2 amide bonds. The summed E-state index contributed by atoms with van der Waals surface area (Å²) in [6.45, 7) is 0.0325. The largest absolute Gasteiger partial charge is 0.347 e. The number of nitrogens with one attached hydrogen (secondary N) is 1. The quantitative estimate of drug-likeness (QED) is 0.616. The van der Waals surface area contributed by atoms with Gasteiger partial charge >= 0.3 is 0 Å². The van der Waals surface area contributed by atoms with Crippen LogP contribution in [0.2, 0.25) is 0 Å². The summed E-state index contributed by atoms with van der Waals surface area (Å²) < 4.78 is 0. The lowest BCUT2D eigenvalue weighted by Gasteiger charge is -2.36. The van der Waals surface area contributed by atoms with E-state index in [0.29, 0.717) is 0 Å². The molecule has 1 rings (SSSR count). The average molecular weight is 199 g/mol. The lowest BCUT2D eigenvalue weighted by atomic mass is 9.77. The molecule has 0 spiro atoms. The number of carbonyl (C=O) groups excluding carboxylic acids is 2. The van der Waals surface area contributed by atoms with Gasteiger partial charge < -0.3 is 16.0 Å². The van der Waals surface area contributed by atoms with Crippen molar-refractivity contribution < 1.29 is 9.59 Å². The van der Waals surface area contributed by atoms with Crippen LogP contribution in [0.15, 0.2) is 0 Å². The molecule has 5 heteroatoms. The number of rotatable bonds is 3. The Morgan fingerprint density at radius 1 is 1.43 bits per heavy atom. The molecule has 0 atom stereocenters. The van der Waals surface area contributed by atoms with E-state index in [1.54, 1.807) is 14.1 Å². The summed E-state index contributed by atoms with van der Waals surface area (Å²) in [6, 6.07) is 0. The highest BCUT2D eigenvalue weighted by atomic mass is 16.2. The van der Waals surface area contributed by atoms with Gasteiger partial charge in [-0.2, -0.15) is 0 Å². The van der Waals surface area contributed by atoms with E-state index in [9.17, 15) is 9.59 Å². The fourth-order valence-electron chi connectivity index (χ4n) is 1.27. The van der Waals surface area contributed by atoms with Gasteiger partial charge in [0.1, 0.15) is 0 Å². The molecule has 0 aromatic rings. The monoisotopic (exact) mass is 199 g/mol. The highest BCUT2D eigenvalue weighted by Crippen LogP contribution is 2.28. The minimum Gasteiger partial charge on any atom is -0.347 e. The molecule has 0 aliphatic heterocycles. The lowest BCUT2D eigenvalue weighted by molar-refractivity contribution is -0.134. The standard InChI is InChI=1S/C9H17N3O2/c1-12(2)7(13)6-11-8(14)9(10)4-3-5-9/h3-6,10H2,1-2H3,(H,11,14). The van der Waals surface area contributed by atoms with Crippen molar-refractivity contribution in [3.8, 4) is 0 Å². The van der Waals surface area contributed by atoms with Gasteiger partial charge in [-0.05, 0) is 19.3 Å². The van der Waals surface area contributed by atoms with Gasteiger partial charge in [0.05, 0.1) is 12.1 Å². The maximum Gasteiger partial charge on any atom is 0.241 e. The molecule has 0 radical (unpaired) electrons. The summed E-state index contributed by atoms with van der Waals surface area (Å²) in [7, 11) is 3.30. The minimum absolute atomic E-state index is 0.0325. The SMILES string of the molecule is CN(C)C(=O)CNC(=O)C1(N)CCC1. The van der Waals surface area contributed by atoms with Crippen LogP contribution < -0.4 is 11.1 Å². The van der Waals surface area contributed by atoms with Crippen LogP contribution in [0.1, 0.15) is 19.3 Å². The third kappa shape index (κ3) is 2.23. The zero-order chi connectivity index (χ0) is 10.8. The molecule has 1 aliphatic carbocycles. The molecule has 80 valence electrons. The number of carbonyl (C=O) groups is 2. The predicted octanol–water partition coefficient (Wildman–Crippen LogP) is -0.928. The first-order valence-electron chi connectivity index (χ1n) is 4.73. The van der Waals surface area contributed by atoms with E-state index in [-0.39, 0.29) is 18.4 Å². The van der Waals surface area contributed by atoms with Gasteiger partial charge in [0.15, 0.2) is 0 Å². The Bertz CT molecular complexity index is 246. The Hall–Kier alpha value is -1.10. The number of likely N-dealkylation sites (N-methyl/N-ethyl adjacent to an activating group) is 1. The van der Waals surface area contributed by atoms with Crippen molar-refractivity contribution in [2.45, 2.75) is 24.8 Å². The number of amides is 2. The van der Waals surface area contributed by atoms with Gasteiger partial charge in [-0.3, -0.25) is 9.59 Å². The van der Waals surface area contributed by atoms with E-state index >= 15 is 0 Å². The highest BCUT2D eigenvalue weighted by molar-refractivity contribution is 5.90. The van der Waals surface area contributed by atoms with Gasteiger partial charge in [0.2, 0.25) is 11.8 Å². The third-order valence-corrected chi connectivity index (χ3v) is 2.60. The Balaban J connectivity index is 2.31. The maximum absolute atomic E-state index is 11.5. The first-order valence-corrected chi connectivity index (χ1v) is 4.73. The third-order valence-electron chi connectivity index (χ3n) is 2.60. The molecule has 3 N–H and O–H groups in total. The molecule has 1 fully saturated rings. The molecular formula is C9H17N3O2. The van der Waals surface area contributed by atoms with Gasteiger partial charge in [-0.1, -0.05) is 0 Å². The summed E-state index contributed by atoms with van der Waals surface area (Å²) >= 11 is 0. The molecule has 5 nitrogen and oxygen atoms in total. The Kier molecular flexibility index (Phi) is 3.10. The zero-order valence-electron chi connectivity index (χ0n) is 8.67. The molecular weight excluding hydrogens is 182 g/mol. The van der Waals surface area contributed by atoms with E-state index in [4.69, 9.17) is 5.73 Å². The van der Waals surface area contributed by atoms with Crippen LogP contribution in [0, 0.1) is 0 Å². The highest BCUT2D eigenvalue weighted by Gasteiger charge is 2.39. The normalized spacial score (nSPS) is 18.2. The summed E-state index contributed by atoms with van der Waals surface area (Å²) in [5.74, 6) is -0.333. The second kappa shape index (κ2) is 3.96. The Labute approximate surface area is 83.6 Å². The van der Waals surface area contributed by atoms with Crippen LogP contribution in [0.3, 0.4) is 0 Å². The second-order valence-corrected chi connectivity index (χ2v) is 3.98. The fourth-order valence-corrected chi connectivity index (χ4v) is 1.27. The zero-order valence-corrected chi connectivity index (χ0v) is 8.67. The summed E-state index contributed by atoms with van der Waals surface area (Å²) in [5.41, 5.74) is 5.06. The van der Waals surface area contributed by atoms with Crippen molar-refractivity contribution in [1.29, 1.82) is 0 Å². The molecule has 1 aliphatic rings. The summed E-state index contributed by atoms with van der Waals surface area (Å²) in [6.07, 6.45) is 2.43. The number of hydrogen-bond acceptors (Lipinski definition) is 3. The van der Waals surface area contributed by atoms with E-state index in [1.807, 2.05) is 0 Å². The van der Waals surface area contributed by atoms with Gasteiger partial charge in [-0.15, -0.1) is 0 Å². The van der Waals surface area contributed by atoms with Crippen LogP contribution in [-0.2, 0) is 9.59 Å². The maximum atomic E-state index is 11.5. The molecule has 1 saturated carbocycles. The topological polar surface area (TPSA) is 75.4 Å². The van der Waals surface area contributed by atoms with Crippen molar-refractivity contribution in [3.05, 3.63) is 0 Å². The Morgan fingerprint density at radius 3 is 2.36 bits per heavy atom. The molecule has 0 unspecified atom stereocenters. The number of nitrogens with two attached hydrogens (primary N) is 1. The van der Waals surface area contributed by atoms with Gasteiger partial charge in [0.25, 0.3) is 0 Å². The first kappa shape index (κ1) is 11.0. The van der Waals surface area contributed by atoms with Crippen LogP contribution in [0.5, 0.6) is 0 Å². The van der Waals surface area contributed by atoms with E-state index < -0.39 is 5.54 Å².